The lowest BCUT2D eigenvalue weighted by atomic mass is 9.85. The summed E-state index contributed by atoms with van der Waals surface area (Å²) in [6.07, 6.45) is 5.16. The van der Waals surface area contributed by atoms with E-state index in [-0.39, 0.29) is 23.7 Å². The summed E-state index contributed by atoms with van der Waals surface area (Å²) in [6, 6.07) is 13.2. The molecule has 0 aromatic heterocycles. The van der Waals surface area contributed by atoms with Gasteiger partial charge in [0.2, 0.25) is 0 Å². The Hall–Kier alpha value is -2.53. The van der Waals surface area contributed by atoms with Crippen molar-refractivity contribution in [2.75, 3.05) is 26.2 Å². The number of hydrogen-bond donors (Lipinski definition) is 1. The summed E-state index contributed by atoms with van der Waals surface area (Å²) in [7, 11) is 0. The van der Waals surface area contributed by atoms with Crippen LogP contribution in [-0.2, 0) is 17.6 Å². The highest BCUT2D eigenvalue weighted by Gasteiger charge is 2.42. The molecule has 5 aliphatic rings. The van der Waals surface area contributed by atoms with Crippen LogP contribution in [0.25, 0.3) is 11.1 Å². The molecule has 7 rings (SSSR count). The molecule has 2 atom stereocenters. The van der Waals surface area contributed by atoms with E-state index < -0.39 is 0 Å². The van der Waals surface area contributed by atoms with E-state index >= 15 is 0 Å². The Balaban J connectivity index is 1.20. The number of nitrogens with one attached hydrogen (secondary N) is 1. The SMILES string of the molecule is CC1(C)Cc2cc(-c3ccc4c(c3)CCCO4)ccc2C1NC(=O)O[C@@H]1CN2CCC1CC2. The number of hydrogen-bond acceptors (Lipinski definition) is 4. The van der Waals surface area contributed by atoms with Crippen LogP contribution in [-0.4, -0.2) is 43.3 Å². The quantitative estimate of drug-likeness (QED) is 0.711. The van der Waals surface area contributed by atoms with E-state index in [0.29, 0.717) is 5.92 Å². The van der Waals surface area contributed by atoms with Crippen LogP contribution in [0.3, 0.4) is 0 Å². The van der Waals surface area contributed by atoms with E-state index in [9.17, 15) is 4.79 Å². The van der Waals surface area contributed by atoms with Crippen LogP contribution in [0.4, 0.5) is 4.79 Å². The van der Waals surface area contributed by atoms with Gasteiger partial charge in [-0.15, -0.1) is 0 Å². The van der Waals surface area contributed by atoms with Crippen LogP contribution in [0.15, 0.2) is 36.4 Å². The fourth-order valence-corrected chi connectivity index (χ4v) is 6.38. The third kappa shape index (κ3) is 3.90. The van der Waals surface area contributed by atoms with Gasteiger partial charge in [0.05, 0.1) is 12.6 Å². The molecule has 0 radical (unpaired) electrons. The first-order chi connectivity index (χ1) is 16.0. The molecule has 4 aliphatic heterocycles. The molecule has 5 heteroatoms. The molecule has 2 bridgehead atoms. The molecule has 2 aromatic rings. The average molecular weight is 447 g/mol. The smallest absolute Gasteiger partial charge is 0.407 e. The van der Waals surface area contributed by atoms with Crippen molar-refractivity contribution in [3.8, 4) is 16.9 Å². The largest absolute Gasteiger partial charge is 0.493 e. The zero-order valence-electron chi connectivity index (χ0n) is 19.7. The molecule has 5 nitrogen and oxygen atoms in total. The first-order valence-corrected chi connectivity index (χ1v) is 12.5. The van der Waals surface area contributed by atoms with Gasteiger partial charge in [-0.2, -0.15) is 0 Å². The highest BCUT2D eigenvalue weighted by Crippen LogP contribution is 2.46. The minimum Gasteiger partial charge on any atom is -0.493 e. The zero-order chi connectivity index (χ0) is 22.6. The van der Waals surface area contributed by atoms with Gasteiger partial charge in [-0.3, -0.25) is 4.90 Å². The van der Waals surface area contributed by atoms with Crippen molar-refractivity contribution in [3.63, 3.8) is 0 Å². The number of carbonyl (C=O) groups excluding carboxylic acids is 1. The van der Waals surface area contributed by atoms with Crippen LogP contribution in [0.1, 0.15) is 55.8 Å². The molecule has 174 valence electrons. The second kappa shape index (κ2) is 8.05. The number of rotatable bonds is 3. The lowest BCUT2D eigenvalue weighted by Crippen LogP contribution is -2.53. The standard InChI is InChI=1S/C28H34N2O3/c1-28(2)16-22-15-19(20-6-8-24-21(14-20)4-3-13-32-24)5-7-23(22)26(28)29-27(31)33-25-17-30-11-9-18(25)10-12-30/h5-8,14-15,18,25-26H,3-4,9-13,16-17H2,1-2H3,(H,29,31)/t25-,26?/m1/s1. The molecular formula is C28H34N2O3. The first kappa shape index (κ1) is 21.0. The number of alkyl carbamates (subject to hydrolysis) is 1. The minimum absolute atomic E-state index is 0.0341. The van der Waals surface area contributed by atoms with Crippen molar-refractivity contribution in [2.45, 2.75) is 58.1 Å². The van der Waals surface area contributed by atoms with E-state index in [1.807, 2.05) is 0 Å². The molecule has 0 saturated carbocycles. The summed E-state index contributed by atoms with van der Waals surface area (Å²) in [6.45, 7) is 8.47. The van der Waals surface area contributed by atoms with E-state index in [1.54, 1.807) is 0 Å². The predicted molar refractivity (Wildman–Crippen MR) is 128 cm³/mol. The van der Waals surface area contributed by atoms with E-state index in [0.717, 1.165) is 64.1 Å². The Bertz CT molecular complexity index is 1070. The van der Waals surface area contributed by atoms with Crippen molar-refractivity contribution in [2.24, 2.45) is 11.3 Å². The maximum absolute atomic E-state index is 12.9. The lowest BCUT2D eigenvalue weighted by Gasteiger charge is -2.44. The summed E-state index contributed by atoms with van der Waals surface area (Å²) in [4.78, 5) is 15.3. The van der Waals surface area contributed by atoms with Crippen LogP contribution < -0.4 is 10.1 Å². The number of piperidine rings is 3. The summed E-state index contributed by atoms with van der Waals surface area (Å²) < 4.78 is 11.7. The van der Waals surface area contributed by atoms with Crippen molar-refractivity contribution >= 4 is 6.09 Å². The maximum Gasteiger partial charge on any atom is 0.407 e. The third-order valence-corrected chi connectivity index (χ3v) is 8.24. The fraction of sp³-hybridized carbons (Fsp3) is 0.536. The molecule has 2 aromatic carbocycles. The number of nitrogens with zero attached hydrogens (tertiary/aromatic N) is 1. The second-order valence-corrected chi connectivity index (χ2v) is 11.0. The number of fused-ring (bicyclic) bond motifs is 5. The molecule has 3 saturated heterocycles. The normalized spacial score (nSPS) is 29.0. The topological polar surface area (TPSA) is 50.8 Å². The van der Waals surface area contributed by atoms with Gasteiger partial charge in [-0.1, -0.05) is 38.1 Å². The van der Waals surface area contributed by atoms with Crippen LogP contribution >= 0.6 is 0 Å². The second-order valence-electron chi connectivity index (χ2n) is 11.0. The Kier molecular flexibility index (Phi) is 5.13. The highest BCUT2D eigenvalue weighted by molar-refractivity contribution is 5.71. The molecule has 1 amide bonds. The Morgan fingerprint density at radius 1 is 1.09 bits per heavy atom. The van der Waals surface area contributed by atoms with Gasteiger partial charge in [-0.25, -0.2) is 4.79 Å². The Morgan fingerprint density at radius 2 is 1.85 bits per heavy atom. The summed E-state index contributed by atoms with van der Waals surface area (Å²) >= 11 is 0. The molecule has 0 spiro atoms. The van der Waals surface area contributed by atoms with E-state index in [4.69, 9.17) is 9.47 Å². The molecular weight excluding hydrogens is 412 g/mol. The zero-order valence-corrected chi connectivity index (χ0v) is 19.7. The number of carbonyl (C=O) groups is 1. The van der Waals surface area contributed by atoms with Crippen molar-refractivity contribution in [3.05, 3.63) is 53.1 Å². The maximum atomic E-state index is 12.9. The number of benzene rings is 2. The van der Waals surface area contributed by atoms with Gasteiger partial charge < -0.3 is 14.8 Å². The van der Waals surface area contributed by atoms with Crippen LogP contribution in [0.2, 0.25) is 0 Å². The predicted octanol–water partition coefficient (Wildman–Crippen LogP) is 5.12. The fourth-order valence-electron chi connectivity index (χ4n) is 6.38. The Labute approximate surface area is 196 Å². The minimum atomic E-state index is -0.265. The number of amides is 1. The van der Waals surface area contributed by atoms with Crippen LogP contribution in [0.5, 0.6) is 5.75 Å². The third-order valence-electron chi connectivity index (χ3n) is 8.24. The van der Waals surface area contributed by atoms with Gasteiger partial charge in [0.25, 0.3) is 0 Å². The first-order valence-electron chi connectivity index (χ1n) is 12.5. The molecule has 4 heterocycles. The highest BCUT2D eigenvalue weighted by atomic mass is 16.6. The number of ether oxygens (including phenoxy) is 2. The van der Waals surface area contributed by atoms with Gasteiger partial charge in [-0.05, 0) is 96.5 Å². The van der Waals surface area contributed by atoms with Crippen molar-refractivity contribution in [1.82, 2.24) is 10.2 Å². The molecule has 1 aliphatic carbocycles. The molecule has 1 unspecified atom stereocenters. The summed E-state index contributed by atoms with van der Waals surface area (Å²) in [5, 5.41) is 3.24. The molecule has 33 heavy (non-hydrogen) atoms. The molecule has 3 fully saturated rings. The summed E-state index contributed by atoms with van der Waals surface area (Å²) in [5.74, 6) is 1.55. The van der Waals surface area contributed by atoms with Gasteiger partial charge in [0.1, 0.15) is 11.9 Å². The summed E-state index contributed by atoms with van der Waals surface area (Å²) in [5.41, 5.74) is 6.25. The van der Waals surface area contributed by atoms with Crippen LogP contribution in [0, 0.1) is 11.3 Å². The van der Waals surface area contributed by atoms with Crippen molar-refractivity contribution < 1.29 is 14.3 Å². The molecule has 1 N–H and O–H groups in total. The average Bonchev–Trinajstić information content (AvgIpc) is 3.08. The van der Waals surface area contributed by atoms with Crippen molar-refractivity contribution in [1.29, 1.82) is 0 Å². The number of aryl methyl sites for hydroxylation is 1. The van der Waals surface area contributed by atoms with Gasteiger partial charge in [0, 0.05) is 6.54 Å². The van der Waals surface area contributed by atoms with E-state index in [1.165, 1.54) is 27.8 Å². The Morgan fingerprint density at radius 3 is 2.61 bits per heavy atom. The lowest BCUT2D eigenvalue weighted by molar-refractivity contribution is -0.0348. The van der Waals surface area contributed by atoms with E-state index in [2.05, 4.69) is 60.5 Å². The van der Waals surface area contributed by atoms with Gasteiger partial charge >= 0.3 is 6.09 Å². The monoisotopic (exact) mass is 446 g/mol. The van der Waals surface area contributed by atoms with Gasteiger partial charge in [0.15, 0.2) is 0 Å².